The van der Waals surface area contributed by atoms with Crippen molar-refractivity contribution in [2.24, 2.45) is 0 Å². The topological polar surface area (TPSA) is 57.8 Å². The number of carbonyl (C=O) groups is 1. The van der Waals surface area contributed by atoms with Gasteiger partial charge in [-0.1, -0.05) is 6.07 Å². The van der Waals surface area contributed by atoms with Crippen LogP contribution in [0, 0.1) is 5.82 Å². The van der Waals surface area contributed by atoms with Gasteiger partial charge in [-0.3, -0.25) is 9.89 Å². The molecule has 0 aliphatic heterocycles. The molecule has 0 saturated heterocycles. The fraction of sp³-hybridized carbons (Fsp3) is 0. The molecule has 2 aromatic heterocycles. The summed E-state index contributed by atoms with van der Waals surface area (Å²) < 4.78 is 13.4. The zero-order valence-electron chi connectivity index (χ0n) is 9.51. The van der Waals surface area contributed by atoms with Gasteiger partial charge in [0.1, 0.15) is 11.3 Å². The first-order chi connectivity index (χ1) is 8.75. The van der Waals surface area contributed by atoms with Gasteiger partial charge in [-0.2, -0.15) is 16.4 Å². The SMILES string of the molecule is Cl.O=C(Nc1n[nH]c2c(F)cccc12)c1ccsc1. The van der Waals surface area contributed by atoms with Gasteiger partial charge in [0.25, 0.3) is 5.91 Å². The van der Waals surface area contributed by atoms with Crippen molar-refractivity contribution in [3.05, 3.63) is 46.4 Å². The molecule has 0 aliphatic carbocycles. The summed E-state index contributed by atoms with van der Waals surface area (Å²) in [5.74, 6) is -0.314. The van der Waals surface area contributed by atoms with Crippen LogP contribution in [0.25, 0.3) is 10.9 Å². The van der Waals surface area contributed by atoms with Gasteiger partial charge in [0, 0.05) is 10.8 Å². The molecule has 1 amide bonds. The molecular formula is C12H9ClFN3OS. The summed E-state index contributed by atoms with van der Waals surface area (Å²) in [5, 5.41) is 13.2. The summed E-state index contributed by atoms with van der Waals surface area (Å²) in [5.41, 5.74) is 0.852. The summed E-state index contributed by atoms with van der Waals surface area (Å²) in [6.07, 6.45) is 0. The number of nitrogens with one attached hydrogen (secondary N) is 2. The van der Waals surface area contributed by atoms with Crippen LogP contribution in [0.1, 0.15) is 10.4 Å². The minimum Gasteiger partial charge on any atom is -0.305 e. The quantitative estimate of drug-likeness (QED) is 0.761. The molecule has 2 N–H and O–H groups in total. The van der Waals surface area contributed by atoms with Crippen molar-refractivity contribution in [2.45, 2.75) is 0 Å². The first-order valence-corrected chi connectivity index (χ1v) is 6.16. The van der Waals surface area contributed by atoms with E-state index >= 15 is 0 Å². The largest absolute Gasteiger partial charge is 0.305 e. The van der Waals surface area contributed by atoms with Crippen LogP contribution >= 0.6 is 23.7 Å². The van der Waals surface area contributed by atoms with Gasteiger partial charge >= 0.3 is 0 Å². The number of hydrogen-bond donors (Lipinski definition) is 2. The maximum atomic E-state index is 13.4. The lowest BCUT2D eigenvalue weighted by Crippen LogP contribution is -2.11. The van der Waals surface area contributed by atoms with Gasteiger partial charge in [0.05, 0.1) is 5.56 Å². The van der Waals surface area contributed by atoms with Crippen LogP contribution in [0.3, 0.4) is 0 Å². The van der Waals surface area contributed by atoms with E-state index in [-0.39, 0.29) is 23.8 Å². The summed E-state index contributed by atoms with van der Waals surface area (Å²) in [7, 11) is 0. The van der Waals surface area contributed by atoms with E-state index in [0.717, 1.165) is 0 Å². The van der Waals surface area contributed by atoms with Crippen molar-refractivity contribution in [1.29, 1.82) is 0 Å². The third-order valence-electron chi connectivity index (χ3n) is 2.56. The number of fused-ring (bicyclic) bond motifs is 1. The number of aromatic nitrogens is 2. The predicted octanol–water partition coefficient (Wildman–Crippen LogP) is 3.44. The Morgan fingerprint density at radius 2 is 2.21 bits per heavy atom. The maximum Gasteiger partial charge on any atom is 0.257 e. The Hall–Kier alpha value is -1.92. The van der Waals surface area contributed by atoms with E-state index in [2.05, 4.69) is 15.5 Å². The standard InChI is InChI=1S/C12H8FN3OS.ClH/c13-9-3-1-2-8-10(9)15-16-11(8)14-12(17)7-4-5-18-6-7;/h1-6H,(H2,14,15,16,17);1H. The number of benzene rings is 1. The number of rotatable bonds is 2. The number of amides is 1. The van der Waals surface area contributed by atoms with Gasteiger partial charge in [-0.05, 0) is 23.6 Å². The number of para-hydroxylation sites is 1. The number of hydrogen-bond acceptors (Lipinski definition) is 3. The van der Waals surface area contributed by atoms with E-state index < -0.39 is 5.82 Å². The molecule has 2 heterocycles. The highest BCUT2D eigenvalue weighted by molar-refractivity contribution is 7.08. The van der Waals surface area contributed by atoms with Crippen molar-refractivity contribution in [3.8, 4) is 0 Å². The van der Waals surface area contributed by atoms with Crippen LogP contribution in [0.4, 0.5) is 10.2 Å². The van der Waals surface area contributed by atoms with Crippen molar-refractivity contribution in [3.63, 3.8) is 0 Å². The normalized spacial score (nSPS) is 10.2. The van der Waals surface area contributed by atoms with Gasteiger partial charge in [0.2, 0.25) is 0 Å². The van der Waals surface area contributed by atoms with Gasteiger partial charge in [-0.25, -0.2) is 4.39 Å². The Balaban J connectivity index is 0.00000133. The lowest BCUT2D eigenvalue weighted by molar-refractivity contribution is 0.102. The third-order valence-corrected chi connectivity index (χ3v) is 3.25. The summed E-state index contributed by atoms with van der Waals surface area (Å²) in [6.45, 7) is 0. The Morgan fingerprint density at radius 1 is 1.37 bits per heavy atom. The van der Waals surface area contributed by atoms with Crippen molar-refractivity contribution < 1.29 is 9.18 Å². The van der Waals surface area contributed by atoms with E-state index in [1.165, 1.54) is 17.4 Å². The minimum absolute atomic E-state index is 0. The second kappa shape index (κ2) is 5.38. The number of halogens is 2. The van der Waals surface area contributed by atoms with E-state index in [0.29, 0.717) is 16.8 Å². The number of aromatic amines is 1. The lowest BCUT2D eigenvalue weighted by atomic mass is 10.2. The van der Waals surface area contributed by atoms with E-state index in [9.17, 15) is 9.18 Å². The van der Waals surface area contributed by atoms with Crippen LogP contribution in [0.15, 0.2) is 35.0 Å². The van der Waals surface area contributed by atoms with Crippen LogP contribution in [0.5, 0.6) is 0 Å². The van der Waals surface area contributed by atoms with E-state index in [1.54, 1.807) is 23.6 Å². The van der Waals surface area contributed by atoms with Crippen molar-refractivity contribution >= 4 is 46.4 Å². The first kappa shape index (κ1) is 13.5. The van der Waals surface area contributed by atoms with Crippen LogP contribution in [-0.4, -0.2) is 16.1 Å². The van der Waals surface area contributed by atoms with E-state index in [1.807, 2.05) is 5.38 Å². The lowest BCUT2D eigenvalue weighted by Gasteiger charge is -1.99. The second-order valence-corrected chi connectivity index (χ2v) is 4.48. The minimum atomic E-state index is -0.393. The zero-order valence-corrected chi connectivity index (χ0v) is 11.1. The molecule has 0 unspecified atom stereocenters. The van der Waals surface area contributed by atoms with Gasteiger partial charge in [-0.15, -0.1) is 12.4 Å². The van der Waals surface area contributed by atoms with Crippen molar-refractivity contribution in [2.75, 3.05) is 5.32 Å². The Morgan fingerprint density at radius 3 is 2.95 bits per heavy atom. The van der Waals surface area contributed by atoms with Gasteiger partial charge in [0.15, 0.2) is 5.82 Å². The maximum absolute atomic E-state index is 13.4. The zero-order chi connectivity index (χ0) is 12.5. The highest BCUT2D eigenvalue weighted by Crippen LogP contribution is 2.22. The van der Waals surface area contributed by atoms with Crippen LogP contribution in [0.2, 0.25) is 0 Å². The molecule has 19 heavy (non-hydrogen) atoms. The average Bonchev–Trinajstić information content (AvgIpc) is 2.99. The molecule has 1 aromatic carbocycles. The Kier molecular flexibility index (Phi) is 3.82. The number of thiophene rings is 1. The molecular weight excluding hydrogens is 289 g/mol. The fourth-order valence-corrected chi connectivity index (χ4v) is 2.31. The van der Waals surface area contributed by atoms with Crippen LogP contribution in [-0.2, 0) is 0 Å². The molecule has 0 radical (unpaired) electrons. The molecule has 0 spiro atoms. The monoisotopic (exact) mass is 297 g/mol. The van der Waals surface area contributed by atoms with Crippen molar-refractivity contribution in [1.82, 2.24) is 10.2 Å². The molecule has 0 fully saturated rings. The highest BCUT2D eigenvalue weighted by Gasteiger charge is 2.12. The smallest absolute Gasteiger partial charge is 0.257 e. The predicted molar refractivity (Wildman–Crippen MR) is 75.6 cm³/mol. The second-order valence-electron chi connectivity index (χ2n) is 3.70. The number of carbonyl (C=O) groups excluding carboxylic acids is 1. The molecule has 3 rings (SSSR count). The Labute approximate surface area is 118 Å². The van der Waals surface area contributed by atoms with Gasteiger partial charge < -0.3 is 5.32 Å². The molecule has 0 aliphatic rings. The first-order valence-electron chi connectivity index (χ1n) is 5.22. The fourth-order valence-electron chi connectivity index (χ4n) is 1.68. The van der Waals surface area contributed by atoms with E-state index in [4.69, 9.17) is 0 Å². The average molecular weight is 298 g/mol. The summed E-state index contributed by atoms with van der Waals surface area (Å²) in [4.78, 5) is 11.8. The molecule has 0 atom stereocenters. The highest BCUT2D eigenvalue weighted by atomic mass is 35.5. The van der Waals surface area contributed by atoms with Crippen LogP contribution < -0.4 is 5.32 Å². The molecule has 7 heteroatoms. The number of nitrogens with zero attached hydrogens (tertiary/aromatic N) is 1. The molecule has 98 valence electrons. The molecule has 3 aromatic rings. The third kappa shape index (κ3) is 2.45. The summed E-state index contributed by atoms with van der Waals surface area (Å²) in [6, 6.07) is 6.33. The Bertz CT molecular complexity index is 711. The molecule has 0 bridgehead atoms. The molecule has 4 nitrogen and oxygen atoms in total. The molecule has 0 saturated carbocycles. The number of anilines is 1. The number of H-pyrrole nitrogens is 1. The summed E-state index contributed by atoms with van der Waals surface area (Å²) >= 11 is 1.44.